The average molecular weight is 380 g/mol. The molecule has 28 heavy (non-hydrogen) atoms. The Morgan fingerprint density at radius 2 is 1.96 bits per heavy atom. The van der Waals surface area contributed by atoms with Gasteiger partial charge >= 0.3 is 0 Å². The SMILES string of the molecule is O=C(Nc1cnn(CC2COc3ccccc3O2)c1)c1ccccc1[N+](=O)[O-]. The summed E-state index contributed by atoms with van der Waals surface area (Å²) in [5.74, 6) is 0.811. The smallest absolute Gasteiger partial charge is 0.282 e. The third-order valence-electron chi connectivity index (χ3n) is 4.19. The van der Waals surface area contributed by atoms with Crippen molar-refractivity contribution in [1.29, 1.82) is 0 Å². The standard InChI is InChI=1S/C19H16N4O5/c24-19(15-5-1-2-6-16(15)23(25)26)21-13-9-20-22(10-13)11-14-12-27-17-7-3-4-8-18(17)28-14/h1-10,14H,11-12H2,(H,21,24). The van der Waals surface area contributed by atoms with E-state index in [4.69, 9.17) is 9.47 Å². The van der Waals surface area contributed by atoms with Crippen molar-refractivity contribution < 1.29 is 19.2 Å². The lowest BCUT2D eigenvalue weighted by atomic mass is 10.1. The van der Waals surface area contributed by atoms with Crippen molar-refractivity contribution in [3.63, 3.8) is 0 Å². The quantitative estimate of drug-likeness (QED) is 0.538. The highest BCUT2D eigenvalue weighted by molar-refractivity contribution is 6.06. The molecule has 142 valence electrons. The van der Waals surface area contributed by atoms with Crippen LogP contribution >= 0.6 is 0 Å². The van der Waals surface area contributed by atoms with Crippen LogP contribution in [0, 0.1) is 10.1 Å². The molecule has 0 aliphatic carbocycles. The van der Waals surface area contributed by atoms with Gasteiger partial charge in [0.2, 0.25) is 0 Å². The zero-order valence-electron chi connectivity index (χ0n) is 14.6. The second-order valence-corrected chi connectivity index (χ2v) is 6.18. The summed E-state index contributed by atoms with van der Waals surface area (Å²) in [6.07, 6.45) is 2.88. The Bertz CT molecular complexity index is 1030. The highest BCUT2D eigenvalue weighted by Gasteiger charge is 2.22. The molecule has 2 aromatic carbocycles. The lowest BCUT2D eigenvalue weighted by Crippen LogP contribution is -2.33. The number of rotatable bonds is 5. The molecule has 9 heteroatoms. The Hall–Kier alpha value is -3.88. The summed E-state index contributed by atoms with van der Waals surface area (Å²) in [4.78, 5) is 22.9. The van der Waals surface area contributed by atoms with Gasteiger partial charge in [-0.2, -0.15) is 5.10 Å². The first-order valence-corrected chi connectivity index (χ1v) is 8.56. The van der Waals surface area contributed by atoms with E-state index >= 15 is 0 Å². The molecule has 1 aliphatic rings. The molecule has 0 bridgehead atoms. The monoisotopic (exact) mass is 380 g/mol. The molecule has 4 rings (SSSR count). The first-order chi connectivity index (χ1) is 13.6. The van der Waals surface area contributed by atoms with Crippen LogP contribution < -0.4 is 14.8 Å². The number of hydrogen-bond donors (Lipinski definition) is 1. The van der Waals surface area contributed by atoms with Crippen LogP contribution in [-0.2, 0) is 6.54 Å². The van der Waals surface area contributed by atoms with Crippen LogP contribution in [-0.4, -0.2) is 33.3 Å². The number of amides is 1. The number of carbonyl (C=O) groups is 1. The van der Waals surface area contributed by atoms with Gasteiger partial charge in [0.15, 0.2) is 17.6 Å². The minimum Gasteiger partial charge on any atom is -0.486 e. The Labute approximate surface area is 159 Å². The lowest BCUT2D eigenvalue weighted by Gasteiger charge is -2.26. The van der Waals surface area contributed by atoms with Gasteiger partial charge in [0.25, 0.3) is 11.6 Å². The highest BCUT2D eigenvalue weighted by atomic mass is 16.6. The summed E-state index contributed by atoms with van der Waals surface area (Å²) in [5, 5.41) is 17.9. The van der Waals surface area contributed by atoms with Crippen molar-refractivity contribution in [3.05, 3.63) is 76.6 Å². The molecule has 1 N–H and O–H groups in total. The number of fused-ring (bicyclic) bond motifs is 1. The van der Waals surface area contributed by atoms with E-state index in [-0.39, 0.29) is 17.4 Å². The van der Waals surface area contributed by atoms with E-state index in [9.17, 15) is 14.9 Å². The van der Waals surface area contributed by atoms with Gasteiger partial charge in [-0.25, -0.2) is 0 Å². The van der Waals surface area contributed by atoms with Gasteiger partial charge < -0.3 is 14.8 Å². The number of anilines is 1. The molecule has 1 atom stereocenters. The number of ether oxygens (including phenoxy) is 2. The maximum absolute atomic E-state index is 12.4. The molecule has 1 amide bonds. The number of aromatic nitrogens is 2. The number of carbonyl (C=O) groups excluding carboxylic acids is 1. The summed E-state index contributed by atoms with van der Waals surface area (Å²) >= 11 is 0. The van der Waals surface area contributed by atoms with Crippen molar-refractivity contribution >= 4 is 17.3 Å². The lowest BCUT2D eigenvalue weighted by molar-refractivity contribution is -0.385. The maximum atomic E-state index is 12.4. The summed E-state index contributed by atoms with van der Waals surface area (Å²) in [6.45, 7) is 0.810. The molecule has 1 aliphatic heterocycles. The molecule has 0 saturated carbocycles. The van der Waals surface area contributed by atoms with Crippen molar-refractivity contribution in [2.24, 2.45) is 0 Å². The van der Waals surface area contributed by atoms with E-state index in [1.807, 2.05) is 24.3 Å². The highest BCUT2D eigenvalue weighted by Crippen LogP contribution is 2.31. The molecule has 0 radical (unpaired) electrons. The molecular formula is C19H16N4O5. The van der Waals surface area contributed by atoms with Crippen molar-refractivity contribution in [2.45, 2.75) is 12.6 Å². The molecule has 0 spiro atoms. The summed E-state index contributed by atoms with van der Waals surface area (Å²) in [6, 6.07) is 13.2. The maximum Gasteiger partial charge on any atom is 0.282 e. The Balaban J connectivity index is 1.41. The van der Waals surface area contributed by atoms with Gasteiger partial charge in [0.1, 0.15) is 12.2 Å². The number of hydrogen-bond acceptors (Lipinski definition) is 6. The van der Waals surface area contributed by atoms with Gasteiger partial charge in [-0.3, -0.25) is 19.6 Å². The topological polar surface area (TPSA) is 109 Å². The third kappa shape index (κ3) is 3.63. The zero-order chi connectivity index (χ0) is 19.5. The van der Waals surface area contributed by atoms with E-state index in [2.05, 4.69) is 10.4 Å². The number of nitro groups is 1. The van der Waals surface area contributed by atoms with Crippen LogP contribution in [0.4, 0.5) is 11.4 Å². The van der Waals surface area contributed by atoms with Gasteiger partial charge in [-0.15, -0.1) is 0 Å². The van der Waals surface area contributed by atoms with Gasteiger partial charge in [0.05, 0.1) is 23.4 Å². The van der Waals surface area contributed by atoms with E-state index < -0.39 is 10.8 Å². The van der Waals surface area contributed by atoms with E-state index in [1.165, 1.54) is 24.4 Å². The van der Waals surface area contributed by atoms with Crippen molar-refractivity contribution in [3.8, 4) is 11.5 Å². The molecular weight excluding hydrogens is 364 g/mol. The second-order valence-electron chi connectivity index (χ2n) is 6.18. The van der Waals surface area contributed by atoms with E-state index in [1.54, 1.807) is 16.9 Å². The third-order valence-corrected chi connectivity index (χ3v) is 4.19. The minimum atomic E-state index is -0.587. The number of nitrogens with one attached hydrogen (secondary N) is 1. The van der Waals surface area contributed by atoms with E-state index in [0.29, 0.717) is 30.3 Å². The number of para-hydroxylation sites is 3. The van der Waals surface area contributed by atoms with Crippen LogP contribution in [0.5, 0.6) is 11.5 Å². The molecule has 1 aromatic heterocycles. The fourth-order valence-corrected chi connectivity index (χ4v) is 2.91. The molecule has 1 unspecified atom stereocenters. The summed E-state index contributed by atoms with van der Waals surface area (Å²) < 4.78 is 13.2. The first kappa shape index (κ1) is 17.5. The van der Waals surface area contributed by atoms with Gasteiger partial charge in [-0.1, -0.05) is 24.3 Å². The number of nitro benzene ring substituents is 1. The predicted octanol–water partition coefficient (Wildman–Crippen LogP) is 2.88. The molecule has 9 nitrogen and oxygen atoms in total. The molecule has 3 aromatic rings. The number of nitrogens with zero attached hydrogens (tertiary/aromatic N) is 3. The van der Waals surface area contributed by atoms with Gasteiger partial charge in [-0.05, 0) is 18.2 Å². The fraction of sp³-hybridized carbons (Fsp3) is 0.158. The number of benzene rings is 2. The predicted molar refractivity (Wildman–Crippen MR) is 99.6 cm³/mol. The summed E-state index contributed by atoms with van der Waals surface area (Å²) in [5.41, 5.74) is 0.167. The van der Waals surface area contributed by atoms with E-state index in [0.717, 1.165) is 0 Å². The van der Waals surface area contributed by atoms with Crippen LogP contribution in [0.15, 0.2) is 60.9 Å². The van der Waals surface area contributed by atoms with Crippen LogP contribution in [0.2, 0.25) is 0 Å². The van der Waals surface area contributed by atoms with Crippen molar-refractivity contribution in [1.82, 2.24) is 9.78 Å². The Kier molecular flexibility index (Phi) is 4.63. The Morgan fingerprint density at radius 3 is 2.79 bits per heavy atom. The largest absolute Gasteiger partial charge is 0.486 e. The van der Waals surface area contributed by atoms with Crippen molar-refractivity contribution in [2.75, 3.05) is 11.9 Å². The normalized spacial score (nSPS) is 15.1. The fourth-order valence-electron chi connectivity index (χ4n) is 2.91. The van der Waals surface area contributed by atoms with Crippen LogP contribution in [0.1, 0.15) is 10.4 Å². The molecule has 0 fully saturated rings. The summed E-state index contributed by atoms with van der Waals surface area (Å²) in [7, 11) is 0. The van der Waals surface area contributed by atoms with Crippen LogP contribution in [0.25, 0.3) is 0 Å². The average Bonchev–Trinajstić information content (AvgIpc) is 3.14. The second kappa shape index (κ2) is 7.39. The zero-order valence-corrected chi connectivity index (χ0v) is 14.6. The minimum absolute atomic E-state index is 0.0131. The Morgan fingerprint density at radius 1 is 1.21 bits per heavy atom. The van der Waals surface area contributed by atoms with Crippen LogP contribution in [0.3, 0.4) is 0 Å². The first-order valence-electron chi connectivity index (χ1n) is 8.56. The molecule has 2 heterocycles. The van der Waals surface area contributed by atoms with Gasteiger partial charge in [0, 0.05) is 12.3 Å². The molecule has 0 saturated heterocycles.